The van der Waals surface area contributed by atoms with Crippen LogP contribution in [-0.2, 0) is 11.3 Å². The maximum Gasteiger partial charge on any atom is 0.216 e. The molecule has 1 saturated heterocycles. The van der Waals surface area contributed by atoms with E-state index in [9.17, 15) is 0 Å². The Labute approximate surface area is 146 Å². The average molecular weight is 348 g/mol. The third kappa shape index (κ3) is 4.72. The topological polar surface area (TPSA) is 60.4 Å². The lowest BCUT2D eigenvalue weighted by Gasteiger charge is -2.32. The van der Waals surface area contributed by atoms with E-state index >= 15 is 0 Å². The Morgan fingerprint density at radius 1 is 1.42 bits per heavy atom. The van der Waals surface area contributed by atoms with Crippen molar-refractivity contribution in [3.63, 3.8) is 0 Å². The molecule has 0 N–H and O–H groups in total. The molecule has 1 atom stereocenters. The largest absolute Gasteiger partial charge is 0.475 e. The van der Waals surface area contributed by atoms with Gasteiger partial charge in [-0.2, -0.15) is 4.98 Å². The lowest BCUT2D eigenvalue weighted by Crippen LogP contribution is -2.44. The molecule has 0 aliphatic carbocycles. The fourth-order valence-electron chi connectivity index (χ4n) is 2.62. The SMILES string of the molecule is Cc1cc(OCC2CN(Cc3nccs3)CCO2)nc(C(C)C)n1. The Morgan fingerprint density at radius 2 is 2.29 bits per heavy atom. The molecule has 0 amide bonds. The highest BCUT2D eigenvalue weighted by Gasteiger charge is 2.22. The summed E-state index contributed by atoms with van der Waals surface area (Å²) in [5.41, 5.74) is 0.929. The molecular formula is C17H24N4O2S. The molecule has 1 aliphatic heterocycles. The van der Waals surface area contributed by atoms with Crippen LogP contribution in [0.15, 0.2) is 17.6 Å². The molecule has 0 radical (unpaired) electrons. The molecule has 0 bridgehead atoms. The smallest absolute Gasteiger partial charge is 0.216 e. The van der Waals surface area contributed by atoms with Crippen molar-refractivity contribution in [1.29, 1.82) is 0 Å². The zero-order chi connectivity index (χ0) is 16.9. The lowest BCUT2D eigenvalue weighted by molar-refractivity contribution is -0.0510. The fourth-order valence-corrected chi connectivity index (χ4v) is 3.28. The summed E-state index contributed by atoms with van der Waals surface area (Å²) in [4.78, 5) is 15.6. The first-order chi connectivity index (χ1) is 11.6. The molecule has 1 fully saturated rings. The van der Waals surface area contributed by atoms with Crippen LogP contribution in [-0.4, -0.2) is 52.3 Å². The second-order valence-corrected chi connectivity index (χ2v) is 7.30. The van der Waals surface area contributed by atoms with E-state index in [0.29, 0.717) is 12.5 Å². The predicted molar refractivity (Wildman–Crippen MR) is 93.5 cm³/mol. The minimum absolute atomic E-state index is 0.0523. The minimum atomic E-state index is 0.0523. The van der Waals surface area contributed by atoms with E-state index in [1.807, 2.05) is 24.6 Å². The summed E-state index contributed by atoms with van der Waals surface area (Å²) in [5.74, 6) is 1.73. The molecule has 2 aromatic heterocycles. The van der Waals surface area contributed by atoms with Crippen LogP contribution < -0.4 is 4.74 Å². The summed E-state index contributed by atoms with van der Waals surface area (Å²) in [5, 5.41) is 3.16. The van der Waals surface area contributed by atoms with Crippen LogP contribution in [0.2, 0.25) is 0 Å². The van der Waals surface area contributed by atoms with E-state index < -0.39 is 0 Å². The quantitative estimate of drug-likeness (QED) is 0.800. The second kappa shape index (κ2) is 8.00. The lowest BCUT2D eigenvalue weighted by atomic mass is 10.2. The third-order valence-electron chi connectivity index (χ3n) is 3.85. The number of nitrogens with zero attached hydrogens (tertiary/aromatic N) is 4. The molecule has 3 heterocycles. The molecule has 24 heavy (non-hydrogen) atoms. The summed E-state index contributed by atoms with van der Waals surface area (Å²) in [6.45, 7) is 10.0. The van der Waals surface area contributed by atoms with Gasteiger partial charge in [-0.15, -0.1) is 11.3 Å². The number of thiazole rings is 1. The maximum atomic E-state index is 5.88. The van der Waals surface area contributed by atoms with Crippen molar-refractivity contribution < 1.29 is 9.47 Å². The van der Waals surface area contributed by atoms with E-state index in [1.54, 1.807) is 11.3 Å². The minimum Gasteiger partial charge on any atom is -0.475 e. The van der Waals surface area contributed by atoms with Crippen LogP contribution in [0.5, 0.6) is 5.88 Å². The number of aromatic nitrogens is 3. The Bertz CT molecular complexity index is 648. The predicted octanol–water partition coefficient (Wildman–Crippen LogP) is 2.64. The first kappa shape index (κ1) is 17.3. The highest BCUT2D eigenvalue weighted by Crippen LogP contribution is 2.17. The summed E-state index contributed by atoms with van der Waals surface area (Å²) in [6.07, 6.45) is 1.90. The van der Waals surface area contributed by atoms with Crippen molar-refractivity contribution in [3.8, 4) is 5.88 Å². The van der Waals surface area contributed by atoms with Crippen LogP contribution in [0.1, 0.15) is 36.3 Å². The molecule has 3 rings (SSSR count). The van der Waals surface area contributed by atoms with Crippen LogP contribution in [0, 0.1) is 6.92 Å². The third-order valence-corrected chi connectivity index (χ3v) is 4.61. The zero-order valence-corrected chi connectivity index (χ0v) is 15.3. The van der Waals surface area contributed by atoms with Gasteiger partial charge >= 0.3 is 0 Å². The van der Waals surface area contributed by atoms with Gasteiger partial charge in [-0.3, -0.25) is 4.90 Å². The molecule has 7 heteroatoms. The van der Waals surface area contributed by atoms with Crippen molar-refractivity contribution >= 4 is 11.3 Å². The molecule has 0 aromatic carbocycles. The molecule has 1 aliphatic rings. The molecule has 1 unspecified atom stereocenters. The van der Waals surface area contributed by atoms with Crippen LogP contribution in [0.25, 0.3) is 0 Å². The van der Waals surface area contributed by atoms with Gasteiger partial charge in [0.25, 0.3) is 0 Å². The molecule has 2 aromatic rings. The van der Waals surface area contributed by atoms with Gasteiger partial charge in [0.05, 0.1) is 13.2 Å². The number of rotatable bonds is 6. The number of hydrogen-bond donors (Lipinski definition) is 0. The standard InChI is InChI=1S/C17H24N4O2S/c1-12(2)17-19-13(3)8-15(20-17)23-11-14-9-21(5-6-22-14)10-16-18-4-7-24-16/h4,7-8,12,14H,5-6,9-11H2,1-3H3. The zero-order valence-electron chi connectivity index (χ0n) is 14.4. The summed E-state index contributed by atoms with van der Waals surface area (Å²) < 4.78 is 11.7. The second-order valence-electron chi connectivity index (χ2n) is 6.33. The van der Waals surface area contributed by atoms with Crippen LogP contribution >= 0.6 is 11.3 Å². The van der Waals surface area contributed by atoms with Gasteiger partial charge < -0.3 is 9.47 Å². The monoisotopic (exact) mass is 348 g/mol. The summed E-state index contributed by atoms with van der Waals surface area (Å²) >= 11 is 1.69. The molecular weight excluding hydrogens is 324 g/mol. The molecule has 0 spiro atoms. The average Bonchev–Trinajstić information content (AvgIpc) is 3.06. The number of ether oxygens (including phenoxy) is 2. The van der Waals surface area contributed by atoms with Gasteiger partial charge in [0.1, 0.15) is 23.5 Å². The Kier molecular flexibility index (Phi) is 5.76. The normalized spacial score (nSPS) is 18.9. The summed E-state index contributed by atoms with van der Waals surface area (Å²) in [6, 6.07) is 1.88. The van der Waals surface area contributed by atoms with Crippen LogP contribution in [0.4, 0.5) is 0 Å². The van der Waals surface area contributed by atoms with E-state index in [4.69, 9.17) is 9.47 Å². The highest BCUT2D eigenvalue weighted by molar-refractivity contribution is 7.09. The van der Waals surface area contributed by atoms with E-state index in [0.717, 1.165) is 42.8 Å². The van der Waals surface area contributed by atoms with Crippen molar-refractivity contribution in [3.05, 3.63) is 34.2 Å². The van der Waals surface area contributed by atoms with Gasteiger partial charge in [0, 0.05) is 42.3 Å². The van der Waals surface area contributed by atoms with Gasteiger partial charge in [0.15, 0.2) is 0 Å². The highest BCUT2D eigenvalue weighted by atomic mass is 32.1. The molecule has 6 nitrogen and oxygen atoms in total. The number of morpholine rings is 1. The number of hydrogen-bond acceptors (Lipinski definition) is 7. The molecule has 130 valence electrons. The van der Waals surface area contributed by atoms with Gasteiger partial charge in [0.2, 0.25) is 5.88 Å². The van der Waals surface area contributed by atoms with E-state index in [2.05, 4.69) is 33.7 Å². The van der Waals surface area contributed by atoms with Crippen molar-refractivity contribution in [2.75, 3.05) is 26.3 Å². The van der Waals surface area contributed by atoms with E-state index in [1.165, 1.54) is 0 Å². The Balaban J connectivity index is 1.54. The van der Waals surface area contributed by atoms with Crippen molar-refractivity contribution in [2.24, 2.45) is 0 Å². The van der Waals surface area contributed by atoms with Gasteiger partial charge in [-0.25, -0.2) is 9.97 Å². The van der Waals surface area contributed by atoms with Crippen molar-refractivity contribution in [2.45, 2.75) is 39.3 Å². The Hall–Kier alpha value is -1.57. The molecule has 0 saturated carbocycles. The van der Waals surface area contributed by atoms with Gasteiger partial charge in [-0.05, 0) is 6.92 Å². The van der Waals surface area contributed by atoms with E-state index in [-0.39, 0.29) is 12.0 Å². The Morgan fingerprint density at radius 3 is 3.04 bits per heavy atom. The van der Waals surface area contributed by atoms with Gasteiger partial charge in [-0.1, -0.05) is 13.8 Å². The fraction of sp³-hybridized carbons (Fsp3) is 0.588. The maximum absolute atomic E-state index is 5.88. The first-order valence-electron chi connectivity index (χ1n) is 8.31. The summed E-state index contributed by atoms with van der Waals surface area (Å²) in [7, 11) is 0. The van der Waals surface area contributed by atoms with Crippen molar-refractivity contribution in [1.82, 2.24) is 19.9 Å². The van der Waals surface area contributed by atoms with Crippen LogP contribution in [0.3, 0.4) is 0 Å². The first-order valence-corrected chi connectivity index (χ1v) is 9.19. The number of aryl methyl sites for hydroxylation is 1.